The molecular weight excluding hydrogens is 232 g/mol. The van der Waals surface area contributed by atoms with Crippen molar-refractivity contribution in [2.45, 2.75) is 5.88 Å². The van der Waals surface area contributed by atoms with Crippen molar-refractivity contribution in [2.24, 2.45) is 0 Å². The van der Waals surface area contributed by atoms with Crippen LogP contribution in [0.3, 0.4) is 0 Å². The molecule has 0 radical (unpaired) electrons. The molecule has 0 bridgehead atoms. The molecule has 0 aliphatic rings. The number of halogens is 1. The van der Waals surface area contributed by atoms with Gasteiger partial charge in [-0.1, -0.05) is 24.3 Å². The molecule has 0 amide bonds. The minimum Gasteiger partial charge on any atom is -0.508 e. The van der Waals surface area contributed by atoms with E-state index in [1.54, 1.807) is 12.1 Å². The van der Waals surface area contributed by atoms with Gasteiger partial charge in [0.1, 0.15) is 5.75 Å². The normalized spacial score (nSPS) is 11.1. The van der Waals surface area contributed by atoms with Crippen LogP contribution >= 0.6 is 11.6 Å². The summed E-state index contributed by atoms with van der Waals surface area (Å²) in [5.74, 6) is 0.811. The monoisotopic (exact) mass is 242 g/mol. The fourth-order valence-corrected chi connectivity index (χ4v) is 2.43. The molecule has 1 N–H and O–H groups in total. The number of hydrogen-bond donors (Lipinski definition) is 1. The topological polar surface area (TPSA) is 20.2 Å². The van der Waals surface area contributed by atoms with Crippen molar-refractivity contribution in [3.63, 3.8) is 0 Å². The fourth-order valence-electron chi connectivity index (χ4n) is 2.19. The maximum atomic E-state index is 9.48. The lowest BCUT2D eigenvalue weighted by Gasteiger charge is -2.06. The van der Waals surface area contributed by atoms with Crippen molar-refractivity contribution in [2.75, 3.05) is 0 Å². The summed E-state index contributed by atoms with van der Waals surface area (Å²) in [6.07, 6.45) is 0. The molecule has 0 atom stereocenters. The van der Waals surface area contributed by atoms with Crippen LogP contribution in [-0.4, -0.2) is 5.11 Å². The second-order valence-electron chi connectivity index (χ2n) is 4.16. The average molecular weight is 243 g/mol. The van der Waals surface area contributed by atoms with Gasteiger partial charge in [-0.3, -0.25) is 0 Å². The molecule has 0 fully saturated rings. The van der Waals surface area contributed by atoms with E-state index in [1.807, 2.05) is 18.2 Å². The first-order valence-electron chi connectivity index (χ1n) is 5.48. The molecule has 0 spiro atoms. The van der Waals surface area contributed by atoms with E-state index in [2.05, 4.69) is 18.2 Å². The summed E-state index contributed by atoms with van der Waals surface area (Å²) in [4.78, 5) is 0. The van der Waals surface area contributed by atoms with Gasteiger partial charge in [-0.2, -0.15) is 0 Å². The Hall–Kier alpha value is -1.73. The Morgan fingerprint density at radius 1 is 0.882 bits per heavy atom. The highest BCUT2D eigenvalue weighted by atomic mass is 35.5. The largest absolute Gasteiger partial charge is 0.508 e. The SMILES string of the molecule is Oc1ccc2cc3c(CCl)cccc3cc2c1. The van der Waals surface area contributed by atoms with Crippen molar-refractivity contribution < 1.29 is 5.11 Å². The van der Waals surface area contributed by atoms with Gasteiger partial charge in [0.05, 0.1) is 0 Å². The van der Waals surface area contributed by atoms with E-state index in [-0.39, 0.29) is 0 Å². The first-order chi connectivity index (χ1) is 8.28. The quantitative estimate of drug-likeness (QED) is 0.494. The summed E-state index contributed by atoms with van der Waals surface area (Å²) >= 11 is 5.94. The molecule has 3 aromatic rings. The molecule has 0 saturated heterocycles. The summed E-state index contributed by atoms with van der Waals surface area (Å²) < 4.78 is 0. The second kappa shape index (κ2) is 3.94. The molecule has 0 aromatic heterocycles. The van der Waals surface area contributed by atoms with Crippen LogP contribution in [0.2, 0.25) is 0 Å². The van der Waals surface area contributed by atoms with Gasteiger partial charge in [0.15, 0.2) is 0 Å². The van der Waals surface area contributed by atoms with Gasteiger partial charge in [-0.25, -0.2) is 0 Å². The summed E-state index contributed by atoms with van der Waals surface area (Å²) in [6.45, 7) is 0. The second-order valence-corrected chi connectivity index (χ2v) is 4.42. The number of phenolic OH excluding ortho intramolecular Hbond substituents is 1. The highest BCUT2D eigenvalue weighted by Crippen LogP contribution is 2.28. The Balaban J connectivity index is 2.43. The molecule has 0 unspecified atom stereocenters. The molecule has 3 rings (SSSR count). The summed E-state index contributed by atoms with van der Waals surface area (Å²) in [5, 5.41) is 14.0. The Labute approximate surface area is 104 Å². The van der Waals surface area contributed by atoms with Crippen molar-refractivity contribution in [3.05, 3.63) is 54.1 Å². The van der Waals surface area contributed by atoms with Crippen LogP contribution in [-0.2, 0) is 5.88 Å². The zero-order chi connectivity index (χ0) is 11.8. The van der Waals surface area contributed by atoms with Crippen LogP contribution in [0.25, 0.3) is 21.5 Å². The van der Waals surface area contributed by atoms with Crippen LogP contribution < -0.4 is 0 Å². The zero-order valence-corrected chi connectivity index (χ0v) is 9.91. The highest BCUT2D eigenvalue weighted by molar-refractivity contribution is 6.18. The Morgan fingerprint density at radius 3 is 2.59 bits per heavy atom. The van der Waals surface area contributed by atoms with Crippen LogP contribution in [0, 0.1) is 0 Å². The maximum Gasteiger partial charge on any atom is 0.116 e. The number of alkyl halides is 1. The Bertz CT molecular complexity index is 704. The van der Waals surface area contributed by atoms with E-state index in [9.17, 15) is 5.11 Å². The smallest absolute Gasteiger partial charge is 0.116 e. The van der Waals surface area contributed by atoms with Gasteiger partial charge in [0.25, 0.3) is 0 Å². The van der Waals surface area contributed by atoms with Crippen LogP contribution in [0.15, 0.2) is 48.5 Å². The van der Waals surface area contributed by atoms with E-state index in [0.29, 0.717) is 11.6 Å². The molecule has 3 aromatic carbocycles. The van der Waals surface area contributed by atoms with Gasteiger partial charge >= 0.3 is 0 Å². The molecule has 0 heterocycles. The molecule has 0 aliphatic heterocycles. The lowest BCUT2D eigenvalue weighted by Crippen LogP contribution is -1.82. The molecule has 84 valence electrons. The molecule has 0 saturated carbocycles. The van der Waals surface area contributed by atoms with Crippen LogP contribution in [0.5, 0.6) is 5.75 Å². The van der Waals surface area contributed by atoms with E-state index in [4.69, 9.17) is 11.6 Å². The Morgan fingerprint density at radius 2 is 1.76 bits per heavy atom. The third-order valence-electron chi connectivity index (χ3n) is 3.06. The number of fused-ring (bicyclic) bond motifs is 2. The third-order valence-corrected chi connectivity index (χ3v) is 3.34. The lowest BCUT2D eigenvalue weighted by molar-refractivity contribution is 0.476. The van der Waals surface area contributed by atoms with Crippen LogP contribution in [0.1, 0.15) is 5.56 Å². The van der Waals surface area contributed by atoms with Crippen molar-refractivity contribution >= 4 is 33.1 Å². The molecule has 0 aliphatic carbocycles. The average Bonchev–Trinajstić information content (AvgIpc) is 2.35. The first-order valence-corrected chi connectivity index (χ1v) is 6.02. The molecular formula is C15H11ClO. The molecule has 2 heteroatoms. The zero-order valence-electron chi connectivity index (χ0n) is 9.15. The van der Waals surface area contributed by atoms with Crippen molar-refractivity contribution in [1.29, 1.82) is 0 Å². The number of phenols is 1. The third kappa shape index (κ3) is 1.73. The van der Waals surface area contributed by atoms with Gasteiger partial charge in [-0.05, 0) is 51.4 Å². The van der Waals surface area contributed by atoms with Crippen LogP contribution in [0.4, 0.5) is 0 Å². The number of rotatable bonds is 1. The van der Waals surface area contributed by atoms with Gasteiger partial charge in [-0.15, -0.1) is 11.6 Å². The fraction of sp³-hybridized carbons (Fsp3) is 0.0667. The summed E-state index contributed by atoms with van der Waals surface area (Å²) in [6, 6.07) is 15.7. The Kier molecular flexibility index (Phi) is 2.41. The van der Waals surface area contributed by atoms with Crippen molar-refractivity contribution in [1.82, 2.24) is 0 Å². The van der Waals surface area contributed by atoms with E-state index in [1.165, 1.54) is 5.39 Å². The summed E-state index contributed by atoms with van der Waals surface area (Å²) in [7, 11) is 0. The van der Waals surface area contributed by atoms with Gasteiger partial charge in [0, 0.05) is 5.88 Å². The first kappa shape index (κ1) is 10.4. The maximum absolute atomic E-state index is 9.48. The minimum absolute atomic E-state index is 0.297. The van der Waals surface area contributed by atoms with Crippen molar-refractivity contribution in [3.8, 4) is 5.75 Å². The number of benzene rings is 3. The van der Waals surface area contributed by atoms with E-state index >= 15 is 0 Å². The van der Waals surface area contributed by atoms with Gasteiger partial charge in [0.2, 0.25) is 0 Å². The van der Waals surface area contributed by atoms with Gasteiger partial charge < -0.3 is 5.11 Å². The lowest BCUT2D eigenvalue weighted by atomic mass is 10.0. The molecule has 1 nitrogen and oxygen atoms in total. The predicted octanol–water partition coefficient (Wildman–Crippen LogP) is 4.44. The van der Waals surface area contributed by atoms with E-state index < -0.39 is 0 Å². The number of aromatic hydroxyl groups is 1. The summed E-state index contributed by atoms with van der Waals surface area (Å²) in [5.41, 5.74) is 1.14. The standard InChI is InChI=1S/C15H11ClO/c16-9-12-3-1-2-11-6-13-7-14(17)5-4-10(13)8-15(11)12/h1-8,17H,9H2. The highest BCUT2D eigenvalue weighted by Gasteiger charge is 2.02. The minimum atomic E-state index is 0.297. The predicted molar refractivity (Wildman–Crippen MR) is 72.7 cm³/mol. The molecule has 17 heavy (non-hydrogen) atoms. The number of hydrogen-bond acceptors (Lipinski definition) is 1. The van der Waals surface area contributed by atoms with E-state index in [0.717, 1.165) is 21.7 Å².